The maximum Gasteiger partial charge on any atom is 0.223 e. The maximum atomic E-state index is 11.8. The second-order valence-electron chi connectivity index (χ2n) is 5.20. The van der Waals surface area contributed by atoms with Crippen LogP contribution in [0.15, 0.2) is 0 Å². The van der Waals surface area contributed by atoms with Crippen LogP contribution in [0, 0.1) is 25.2 Å². The summed E-state index contributed by atoms with van der Waals surface area (Å²) in [6.45, 7) is 8.89. The summed E-state index contributed by atoms with van der Waals surface area (Å²) in [7, 11) is 0. The SMILES string of the molecule is Cc1nc(C)c(CNC(=O)[C@H]2CC2(C)C)s1. The van der Waals surface area contributed by atoms with Crippen molar-refractivity contribution in [3.63, 3.8) is 0 Å². The van der Waals surface area contributed by atoms with Gasteiger partial charge in [0.1, 0.15) is 0 Å². The zero-order valence-corrected chi connectivity index (χ0v) is 11.1. The molecule has 16 heavy (non-hydrogen) atoms. The average molecular weight is 238 g/mol. The number of carbonyl (C=O) groups is 1. The summed E-state index contributed by atoms with van der Waals surface area (Å²) < 4.78 is 0. The van der Waals surface area contributed by atoms with Gasteiger partial charge in [-0.1, -0.05) is 13.8 Å². The minimum atomic E-state index is 0.190. The van der Waals surface area contributed by atoms with Crippen molar-refractivity contribution in [2.24, 2.45) is 11.3 Å². The van der Waals surface area contributed by atoms with E-state index in [1.165, 1.54) is 4.88 Å². The Morgan fingerprint density at radius 3 is 2.62 bits per heavy atom. The number of rotatable bonds is 3. The third-order valence-electron chi connectivity index (χ3n) is 3.25. The number of aryl methyl sites for hydroxylation is 2. The Labute approximate surface area is 100 Å². The number of hydrogen-bond donors (Lipinski definition) is 1. The quantitative estimate of drug-likeness (QED) is 0.878. The van der Waals surface area contributed by atoms with Gasteiger partial charge in [-0.15, -0.1) is 11.3 Å². The molecular formula is C12H18N2OS. The van der Waals surface area contributed by atoms with Crippen LogP contribution in [0.1, 0.15) is 35.8 Å². The molecule has 1 atom stereocenters. The predicted molar refractivity (Wildman–Crippen MR) is 65.3 cm³/mol. The highest BCUT2D eigenvalue weighted by Gasteiger charge is 2.50. The van der Waals surface area contributed by atoms with Crippen LogP contribution in [0.5, 0.6) is 0 Å². The summed E-state index contributed by atoms with van der Waals surface area (Å²) in [5, 5.41) is 4.07. The van der Waals surface area contributed by atoms with Gasteiger partial charge in [-0.2, -0.15) is 0 Å². The summed E-state index contributed by atoms with van der Waals surface area (Å²) >= 11 is 1.66. The highest BCUT2D eigenvalue weighted by atomic mass is 32.1. The van der Waals surface area contributed by atoms with Crippen LogP contribution in [0.3, 0.4) is 0 Å². The van der Waals surface area contributed by atoms with Crippen LogP contribution in [0.25, 0.3) is 0 Å². The van der Waals surface area contributed by atoms with Gasteiger partial charge in [-0.25, -0.2) is 4.98 Å². The first-order valence-electron chi connectivity index (χ1n) is 5.61. The van der Waals surface area contributed by atoms with Gasteiger partial charge >= 0.3 is 0 Å². The minimum Gasteiger partial charge on any atom is -0.351 e. The lowest BCUT2D eigenvalue weighted by Gasteiger charge is -2.05. The van der Waals surface area contributed by atoms with Crippen LogP contribution in [-0.2, 0) is 11.3 Å². The summed E-state index contributed by atoms with van der Waals surface area (Å²) in [6, 6.07) is 0. The molecule has 1 heterocycles. The number of nitrogens with one attached hydrogen (secondary N) is 1. The van der Waals surface area contributed by atoms with Crippen molar-refractivity contribution in [2.45, 2.75) is 40.7 Å². The Hall–Kier alpha value is -0.900. The largest absolute Gasteiger partial charge is 0.351 e. The highest BCUT2D eigenvalue weighted by molar-refractivity contribution is 7.11. The van der Waals surface area contributed by atoms with Crippen molar-refractivity contribution in [1.29, 1.82) is 0 Å². The molecule has 2 rings (SSSR count). The van der Waals surface area contributed by atoms with Crippen LogP contribution in [0.4, 0.5) is 0 Å². The zero-order chi connectivity index (χ0) is 11.9. The van der Waals surface area contributed by atoms with E-state index in [4.69, 9.17) is 0 Å². The Morgan fingerprint density at radius 2 is 2.19 bits per heavy atom. The standard InChI is InChI=1S/C12H18N2OS/c1-7-10(16-8(2)14-7)6-13-11(15)9-5-12(9,3)4/h9H,5-6H2,1-4H3,(H,13,15)/t9-/m1/s1. The molecule has 0 unspecified atom stereocenters. The van der Waals surface area contributed by atoms with E-state index in [1.807, 2.05) is 13.8 Å². The molecule has 1 N–H and O–H groups in total. The summed E-state index contributed by atoms with van der Waals surface area (Å²) in [6.07, 6.45) is 1.01. The fourth-order valence-electron chi connectivity index (χ4n) is 1.94. The lowest BCUT2D eigenvalue weighted by Crippen LogP contribution is -2.25. The number of nitrogens with zero attached hydrogens (tertiary/aromatic N) is 1. The fraction of sp³-hybridized carbons (Fsp3) is 0.667. The van der Waals surface area contributed by atoms with Gasteiger partial charge < -0.3 is 5.32 Å². The molecule has 88 valence electrons. The van der Waals surface area contributed by atoms with E-state index >= 15 is 0 Å². The van der Waals surface area contributed by atoms with Crippen molar-refractivity contribution in [2.75, 3.05) is 0 Å². The van der Waals surface area contributed by atoms with Crippen LogP contribution >= 0.6 is 11.3 Å². The maximum absolute atomic E-state index is 11.8. The summed E-state index contributed by atoms with van der Waals surface area (Å²) in [5.74, 6) is 0.400. The average Bonchev–Trinajstić information content (AvgIpc) is 2.68. The minimum absolute atomic E-state index is 0.190. The van der Waals surface area contributed by atoms with Crippen molar-refractivity contribution in [1.82, 2.24) is 10.3 Å². The van der Waals surface area contributed by atoms with Crippen LogP contribution in [-0.4, -0.2) is 10.9 Å². The van der Waals surface area contributed by atoms with Crippen molar-refractivity contribution in [3.05, 3.63) is 15.6 Å². The van der Waals surface area contributed by atoms with E-state index in [-0.39, 0.29) is 17.2 Å². The second-order valence-corrected chi connectivity index (χ2v) is 6.49. The Balaban J connectivity index is 1.89. The van der Waals surface area contributed by atoms with E-state index in [0.717, 1.165) is 17.1 Å². The number of amides is 1. The van der Waals surface area contributed by atoms with Gasteiger partial charge in [0.05, 0.1) is 17.2 Å². The van der Waals surface area contributed by atoms with Gasteiger partial charge in [-0.3, -0.25) is 4.79 Å². The van der Waals surface area contributed by atoms with Crippen molar-refractivity contribution >= 4 is 17.2 Å². The molecule has 0 spiro atoms. The molecule has 0 saturated heterocycles. The lowest BCUT2D eigenvalue weighted by atomic mass is 10.1. The number of carbonyl (C=O) groups excluding carboxylic acids is 1. The van der Waals surface area contributed by atoms with Crippen LogP contribution < -0.4 is 5.32 Å². The van der Waals surface area contributed by atoms with E-state index < -0.39 is 0 Å². The summed E-state index contributed by atoms with van der Waals surface area (Å²) in [4.78, 5) is 17.3. The lowest BCUT2D eigenvalue weighted by molar-refractivity contribution is -0.123. The van der Waals surface area contributed by atoms with E-state index in [0.29, 0.717) is 6.54 Å². The molecular weight excluding hydrogens is 220 g/mol. The Kier molecular flexibility index (Phi) is 2.78. The first kappa shape index (κ1) is 11.6. The predicted octanol–water partition coefficient (Wildman–Crippen LogP) is 2.42. The number of thiazole rings is 1. The van der Waals surface area contributed by atoms with Crippen LogP contribution in [0.2, 0.25) is 0 Å². The molecule has 1 saturated carbocycles. The van der Waals surface area contributed by atoms with E-state index in [1.54, 1.807) is 11.3 Å². The third-order valence-corrected chi connectivity index (χ3v) is 4.33. The molecule has 3 nitrogen and oxygen atoms in total. The molecule has 0 bridgehead atoms. The molecule has 1 aliphatic carbocycles. The normalized spacial score (nSPS) is 21.9. The molecule has 1 fully saturated rings. The summed E-state index contributed by atoms with van der Waals surface area (Å²) in [5.41, 5.74) is 1.25. The first-order chi connectivity index (χ1) is 7.40. The highest BCUT2D eigenvalue weighted by Crippen LogP contribution is 2.51. The van der Waals surface area contributed by atoms with Gasteiger partial charge in [0.15, 0.2) is 0 Å². The molecule has 0 radical (unpaired) electrons. The van der Waals surface area contributed by atoms with E-state index in [9.17, 15) is 4.79 Å². The smallest absolute Gasteiger partial charge is 0.223 e. The third kappa shape index (κ3) is 2.26. The first-order valence-corrected chi connectivity index (χ1v) is 6.42. The molecule has 0 aromatic carbocycles. The van der Waals surface area contributed by atoms with Gasteiger partial charge in [0.2, 0.25) is 5.91 Å². The molecule has 1 aliphatic rings. The number of hydrogen-bond acceptors (Lipinski definition) is 3. The van der Waals surface area contributed by atoms with Gasteiger partial charge in [-0.05, 0) is 25.7 Å². The molecule has 1 aromatic rings. The van der Waals surface area contributed by atoms with Crippen molar-refractivity contribution < 1.29 is 4.79 Å². The Bertz CT molecular complexity index is 423. The topological polar surface area (TPSA) is 42.0 Å². The fourth-order valence-corrected chi connectivity index (χ4v) is 2.82. The van der Waals surface area contributed by atoms with E-state index in [2.05, 4.69) is 24.1 Å². The molecule has 1 amide bonds. The molecule has 4 heteroatoms. The monoisotopic (exact) mass is 238 g/mol. The zero-order valence-electron chi connectivity index (χ0n) is 10.3. The molecule has 1 aromatic heterocycles. The molecule has 0 aliphatic heterocycles. The Morgan fingerprint density at radius 1 is 1.56 bits per heavy atom. The van der Waals surface area contributed by atoms with Crippen molar-refractivity contribution in [3.8, 4) is 0 Å². The van der Waals surface area contributed by atoms with Gasteiger partial charge in [0, 0.05) is 10.8 Å². The number of aromatic nitrogens is 1. The second kappa shape index (κ2) is 3.84. The van der Waals surface area contributed by atoms with Gasteiger partial charge in [0.25, 0.3) is 0 Å².